The first-order chi connectivity index (χ1) is 8.77. The van der Waals surface area contributed by atoms with Crippen molar-refractivity contribution in [2.75, 3.05) is 19.8 Å². The molecular formula is C15H25BrO2. The first-order valence-electron chi connectivity index (χ1n) is 7.63. The molecule has 3 heteroatoms. The van der Waals surface area contributed by atoms with Gasteiger partial charge in [0.1, 0.15) is 0 Å². The van der Waals surface area contributed by atoms with Gasteiger partial charge in [0, 0.05) is 24.6 Å². The summed E-state index contributed by atoms with van der Waals surface area (Å²) in [6.07, 6.45) is 10.4. The Morgan fingerprint density at radius 2 is 1.89 bits per heavy atom. The summed E-state index contributed by atoms with van der Waals surface area (Å²) in [5.41, 5.74) is 0.183. The zero-order valence-corrected chi connectivity index (χ0v) is 12.8. The van der Waals surface area contributed by atoms with Gasteiger partial charge in [-0.1, -0.05) is 15.9 Å². The smallest absolute Gasteiger partial charge is 0.0729 e. The molecule has 3 fully saturated rings. The topological polar surface area (TPSA) is 18.5 Å². The van der Waals surface area contributed by atoms with E-state index in [2.05, 4.69) is 15.9 Å². The van der Waals surface area contributed by atoms with Crippen molar-refractivity contribution in [2.24, 2.45) is 11.8 Å². The maximum atomic E-state index is 6.11. The average molecular weight is 317 g/mol. The van der Waals surface area contributed by atoms with E-state index in [1.807, 2.05) is 0 Å². The molecule has 2 heterocycles. The van der Waals surface area contributed by atoms with E-state index >= 15 is 0 Å². The van der Waals surface area contributed by atoms with E-state index in [1.54, 1.807) is 0 Å². The standard InChI is InChI=1S/C15H25BrO2/c16-14(13-2-3-13)4-1-12-5-8-18-15(11-12)6-9-17-10-7-15/h12-14H,1-11H2. The molecule has 0 bridgehead atoms. The Hall–Kier alpha value is 0.400. The lowest BCUT2D eigenvalue weighted by molar-refractivity contribution is -0.147. The highest BCUT2D eigenvalue weighted by Gasteiger charge is 2.39. The first kappa shape index (κ1) is 13.4. The molecule has 2 atom stereocenters. The van der Waals surface area contributed by atoms with Crippen molar-refractivity contribution in [1.82, 2.24) is 0 Å². The van der Waals surface area contributed by atoms with Crippen LogP contribution in [0.15, 0.2) is 0 Å². The van der Waals surface area contributed by atoms with Crippen molar-refractivity contribution in [3.8, 4) is 0 Å². The monoisotopic (exact) mass is 316 g/mol. The number of hydrogen-bond donors (Lipinski definition) is 0. The van der Waals surface area contributed by atoms with Gasteiger partial charge in [0.05, 0.1) is 5.60 Å². The molecule has 1 spiro atoms. The quantitative estimate of drug-likeness (QED) is 0.732. The van der Waals surface area contributed by atoms with Gasteiger partial charge >= 0.3 is 0 Å². The zero-order chi connectivity index (χ0) is 12.4. The lowest BCUT2D eigenvalue weighted by atomic mass is 9.79. The highest BCUT2D eigenvalue weighted by Crippen LogP contribution is 2.42. The summed E-state index contributed by atoms with van der Waals surface area (Å²) in [4.78, 5) is 0.783. The van der Waals surface area contributed by atoms with Crippen LogP contribution in [0.4, 0.5) is 0 Å². The lowest BCUT2D eigenvalue weighted by Crippen LogP contribution is -2.44. The van der Waals surface area contributed by atoms with E-state index in [-0.39, 0.29) is 5.60 Å². The SMILES string of the molecule is BrC(CCC1CCOC2(CCOCC2)C1)C1CC1. The van der Waals surface area contributed by atoms with Crippen LogP contribution < -0.4 is 0 Å². The van der Waals surface area contributed by atoms with E-state index < -0.39 is 0 Å². The molecule has 2 aliphatic heterocycles. The second-order valence-electron chi connectivity index (χ2n) is 6.43. The molecule has 0 N–H and O–H groups in total. The van der Waals surface area contributed by atoms with E-state index in [1.165, 1.54) is 38.5 Å². The Morgan fingerprint density at radius 3 is 2.61 bits per heavy atom. The summed E-state index contributed by atoms with van der Waals surface area (Å²) >= 11 is 3.87. The molecule has 0 amide bonds. The molecule has 2 unspecified atom stereocenters. The van der Waals surface area contributed by atoms with Crippen LogP contribution in [0.3, 0.4) is 0 Å². The molecule has 18 heavy (non-hydrogen) atoms. The van der Waals surface area contributed by atoms with Crippen LogP contribution in [0.25, 0.3) is 0 Å². The summed E-state index contributed by atoms with van der Waals surface area (Å²) in [6, 6.07) is 0. The Morgan fingerprint density at radius 1 is 1.11 bits per heavy atom. The van der Waals surface area contributed by atoms with E-state index in [4.69, 9.17) is 9.47 Å². The number of hydrogen-bond acceptors (Lipinski definition) is 2. The van der Waals surface area contributed by atoms with Crippen LogP contribution in [0.1, 0.15) is 51.4 Å². The van der Waals surface area contributed by atoms with E-state index in [0.717, 1.165) is 49.3 Å². The third kappa shape index (κ3) is 3.29. The van der Waals surface area contributed by atoms with Gasteiger partial charge in [-0.3, -0.25) is 0 Å². The van der Waals surface area contributed by atoms with Gasteiger partial charge in [0.15, 0.2) is 0 Å². The molecule has 3 aliphatic rings. The summed E-state index contributed by atoms with van der Waals surface area (Å²) < 4.78 is 11.6. The molecule has 1 saturated carbocycles. The predicted molar refractivity (Wildman–Crippen MR) is 76.1 cm³/mol. The van der Waals surface area contributed by atoms with Gasteiger partial charge in [-0.25, -0.2) is 0 Å². The molecule has 2 nitrogen and oxygen atoms in total. The van der Waals surface area contributed by atoms with Crippen LogP contribution in [-0.2, 0) is 9.47 Å². The van der Waals surface area contributed by atoms with Crippen LogP contribution >= 0.6 is 15.9 Å². The molecule has 2 saturated heterocycles. The second-order valence-corrected chi connectivity index (χ2v) is 7.61. The van der Waals surface area contributed by atoms with Crippen molar-refractivity contribution in [3.05, 3.63) is 0 Å². The molecular weight excluding hydrogens is 292 g/mol. The summed E-state index contributed by atoms with van der Waals surface area (Å²) in [5, 5.41) is 0. The molecule has 0 aromatic rings. The molecule has 0 radical (unpaired) electrons. The number of alkyl halides is 1. The third-order valence-electron chi connectivity index (χ3n) is 4.98. The normalized spacial score (nSPS) is 33.5. The minimum atomic E-state index is 0.183. The third-order valence-corrected chi connectivity index (χ3v) is 6.19. The molecule has 104 valence electrons. The van der Waals surface area contributed by atoms with Gasteiger partial charge in [-0.2, -0.15) is 0 Å². The Labute approximate surface area is 119 Å². The van der Waals surface area contributed by atoms with E-state index in [9.17, 15) is 0 Å². The number of ether oxygens (including phenoxy) is 2. The van der Waals surface area contributed by atoms with Crippen LogP contribution in [-0.4, -0.2) is 30.2 Å². The molecule has 1 aliphatic carbocycles. The van der Waals surface area contributed by atoms with Crippen molar-refractivity contribution < 1.29 is 9.47 Å². The fourth-order valence-corrected chi connectivity index (χ4v) is 4.35. The highest BCUT2D eigenvalue weighted by molar-refractivity contribution is 9.09. The Bertz CT molecular complexity index is 266. The first-order valence-corrected chi connectivity index (χ1v) is 8.55. The van der Waals surface area contributed by atoms with Crippen LogP contribution in [0, 0.1) is 11.8 Å². The van der Waals surface area contributed by atoms with Crippen molar-refractivity contribution in [3.63, 3.8) is 0 Å². The van der Waals surface area contributed by atoms with Gasteiger partial charge in [-0.15, -0.1) is 0 Å². The predicted octanol–water partition coefficient (Wildman–Crippen LogP) is 3.92. The Balaban J connectivity index is 1.47. The Kier molecular flexibility index (Phi) is 4.32. The summed E-state index contributed by atoms with van der Waals surface area (Å²) in [6.45, 7) is 2.77. The summed E-state index contributed by atoms with van der Waals surface area (Å²) in [5.74, 6) is 1.87. The average Bonchev–Trinajstić information content (AvgIpc) is 3.21. The molecule has 0 aromatic heterocycles. The minimum absolute atomic E-state index is 0.183. The van der Waals surface area contributed by atoms with Gasteiger partial charge in [-0.05, 0) is 63.2 Å². The summed E-state index contributed by atoms with van der Waals surface area (Å²) in [7, 11) is 0. The fraction of sp³-hybridized carbons (Fsp3) is 1.00. The maximum Gasteiger partial charge on any atom is 0.0729 e. The van der Waals surface area contributed by atoms with Gasteiger partial charge < -0.3 is 9.47 Å². The molecule has 3 rings (SSSR count). The highest BCUT2D eigenvalue weighted by atomic mass is 79.9. The number of halogens is 1. The van der Waals surface area contributed by atoms with Crippen molar-refractivity contribution >= 4 is 15.9 Å². The zero-order valence-electron chi connectivity index (χ0n) is 11.2. The van der Waals surface area contributed by atoms with Crippen molar-refractivity contribution in [2.45, 2.75) is 61.8 Å². The van der Waals surface area contributed by atoms with Crippen LogP contribution in [0.5, 0.6) is 0 Å². The van der Waals surface area contributed by atoms with Crippen molar-refractivity contribution in [1.29, 1.82) is 0 Å². The number of rotatable bonds is 4. The molecule has 0 aromatic carbocycles. The maximum absolute atomic E-state index is 6.11. The van der Waals surface area contributed by atoms with Gasteiger partial charge in [0.25, 0.3) is 0 Å². The van der Waals surface area contributed by atoms with Crippen LogP contribution in [0.2, 0.25) is 0 Å². The van der Waals surface area contributed by atoms with E-state index in [0.29, 0.717) is 0 Å². The largest absolute Gasteiger partial charge is 0.381 e. The lowest BCUT2D eigenvalue weighted by Gasteiger charge is -2.43. The van der Waals surface area contributed by atoms with Gasteiger partial charge in [0.2, 0.25) is 0 Å². The minimum Gasteiger partial charge on any atom is -0.381 e. The fourth-order valence-electron chi connectivity index (χ4n) is 3.56. The second kappa shape index (κ2) is 5.80.